The molecule has 0 saturated carbocycles. The van der Waals surface area contributed by atoms with Crippen molar-refractivity contribution < 1.29 is 18.3 Å². The Morgan fingerprint density at radius 3 is 2.80 bits per heavy atom. The standard InChI is InChI=1S/C16H19ClFN3O3S/c1-9(19-14(22)24-16(2,3)4)13-20-21-15(23-13)25-8-10-11(17)6-5-7-12(10)18/h5-7,9H,8H2,1-4H3,(H,19,22)/t9-/m1/s1. The summed E-state index contributed by atoms with van der Waals surface area (Å²) >= 11 is 7.14. The minimum absolute atomic E-state index is 0.230. The summed E-state index contributed by atoms with van der Waals surface area (Å²) in [5.41, 5.74) is -0.229. The normalized spacial score (nSPS) is 12.7. The van der Waals surface area contributed by atoms with Crippen LogP contribution in [0.5, 0.6) is 0 Å². The summed E-state index contributed by atoms with van der Waals surface area (Å²) in [4.78, 5) is 11.8. The zero-order valence-electron chi connectivity index (χ0n) is 14.3. The van der Waals surface area contributed by atoms with Gasteiger partial charge in [0, 0.05) is 16.3 Å². The summed E-state index contributed by atoms with van der Waals surface area (Å²) in [6.07, 6.45) is -0.578. The molecule has 2 rings (SSSR count). The lowest BCUT2D eigenvalue weighted by molar-refractivity contribution is 0.0500. The molecule has 6 nitrogen and oxygen atoms in total. The number of nitrogens with zero attached hydrogens (tertiary/aromatic N) is 2. The van der Waals surface area contributed by atoms with Crippen LogP contribution >= 0.6 is 23.4 Å². The number of hydrogen-bond donors (Lipinski definition) is 1. The molecular weight excluding hydrogens is 369 g/mol. The van der Waals surface area contributed by atoms with Crippen molar-refractivity contribution in [2.45, 2.75) is 50.3 Å². The van der Waals surface area contributed by atoms with Gasteiger partial charge in [-0.15, -0.1) is 10.2 Å². The van der Waals surface area contributed by atoms with Crippen molar-refractivity contribution in [1.29, 1.82) is 0 Å². The van der Waals surface area contributed by atoms with Gasteiger partial charge in [-0.3, -0.25) is 0 Å². The predicted octanol–water partition coefficient (Wildman–Crippen LogP) is 4.74. The molecule has 0 aliphatic carbocycles. The van der Waals surface area contributed by atoms with Crippen LogP contribution in [0.1, 0.15) is 45.2 Å². The number of aromatic nitrogens is 2. The molecule has 1 aromatic heterocycles. The Hall–Kier alpha value is -1.80. The fourth-order valence-electron chi connectivity index (χ4n) is 1.80. The highest BCUT2D eigenvalue weighted by atomic mass is 35.5. The van der Waals surface area contributed by atoms with Crippen molar-refractivity contribution >= 4 is 29.5 Å². The fraction of sp³-hybridized carbons (Fsp3) is 0.438. The van der Waals surface area contributed by atoms with Crippen LogP contribution in [0.2, 0.25) is 5.02 Å². The van der Waals surface area contributed by atoms with Gasteiger partial charge >= 0.3 is 6.09 Å². The van der Waals surface area contributed by atoms with E-state index in [1.54, 1.807) is 39.8 Å². The van der Waals surface area contributed by atoms with Crippen molar-refractivity contribution in [3.05, 3.63) is 40.5 Å². The van der Waals surface area contributed by atoms with Gasteiger partial charge in [0.2, 0.25) is 5.89 Å². The van der Waals surface area contributed by atoms with Gasteiger partial charge in [-0.1, -0.05) is 29.4 Å². The van der Waals surface area contributed by atoms with E-state index in [4.69, 9.17) is 20.8 Å². The summed E-state index contributed by atoms with van der Waals surface area (Å²) < 4.78 is 24.4. The first kappa shape index (κ1) is 19.5. The largest absolute Gasteiger partial charge is 0.444 e. The number of thioether (sulfide) groups is 1. The van der Waals surface area contributed by atoms with Crippen molar-refractivity contribution in [2.24, 2.45) is 0 Å². The van der Waals surface area contributed by atoms with E-state index in [1.165, 1.54) is 6.07 Å². The van der Waals surface area contributed by atoms with Crippen LogP contribution in [0.4, 0.5) is 9.18 Å². The highest BCUT2D eigenvalue weighted by molar-refractivity contribution is 7.98. The first-order valence-electron chi connectivity index (χ1n) is 7.54. The van der Waals surface area contributed by atoms with Gasteiger partial charge in [0.05, 0.1) is 0 Å². The minimum Gasteiger partial charge on any atom is -0.444 e. The van der Waals surface area contributed by atoms with E-state index in [-0.39, 0.29) is 22.7 Å². The molecule has 1 heterocycles. The highest BCUT2D eigenvalue weighted by Crippen LogP contribution is 2.28. The van der Waals surface area contributed by atoms with Gasteiger partial charge in [0.1, 0.15) is 17.5 Å². The molecule has 0 aliphatic rings. The zero-order valence-corrected chi connectivity index (χ0v) is 15.9. The smallest absolute Gasteiger partial charge is 0.408 e. The third-order valence-electron chi connectivity index (χ3n) is 2.93. The highest BCUT2D eigenvalue weighted by Gasteiger charge is 2.21. The van der Waals surface area contributed by atoms with Gasteiger partial charge in [-0.25, -0.2) is 9.18 Å². The van der Waals surface area contributed by atoms with Gasteiger partial charge in [-0.2, -0.15) is 0 Å². The van der Waals surface area contributed by atoms with E-state index in [1.807, 2.05) is 0 Å². The first-order valence-corrected chi connectivity index (χ1v) is 8.90. The summed E-state index contributed by atoms with van der Waals surface area (Å²) in [6.45, 7) is 7.01. The third kappa shape index (κ3) is 5.89. The second kappa shape index (κ2) is 8.05. The van der Waals surface area contributed by atoms with E-state index in [9.17, 15) is 9.18 Å². The van der Waals surface area contributed by atoms with Gasteiger partial charge in [0.25, 0.3) is 5.22 Å². The van der Waals surface area contributed by atoms with E-state index >= 15 is 0 Å². The molecule has 2 aromatic rings. The molecule has 0 fully saturated rings. The molecule has 9 heteroatoms. The maximum atomic E-state index is 13.7. The number of ether oxygens (including phenoxy) is 1. The van der Waals surface area contributed by atoms with E-state index in [0.29, 0.717) is 10.6 Å². The monoisotopic (exact) mass is 387 g/mol. The number of halogens is 2. The molecule has 1 atom stereocenters. The Bertz CT molecular complexity index is 728. The Balaban J connectivity index is 1.94. The third-order valence-corrected chi connectivity index (χ3v) is 4.13. The molecule has 0 aliphatic heterocycles. The van der Waals surface area contributed by atoms with Gasteiger partial charge in [-0.05, 0) is 39.8 Å². The fourth-order valence-corrected chi connectivity index (χ4v) is 2.92. The average molecular weight is 388 g/mol. The van der Waals surface area contributed by atoms with Crippen LogP contribution in [0.25, 0.3) is 0 Å². The van der Waals surface area contributed by atoms with Crippen LogP contribution in [0.3, 0.4) is 0 Å². The van der Waals surface area contributed by atoms with Gasteiger partial charge in [0.15, 0.2) is 0 Å². The van der Waals surface area contributed by atoms with Crippen molar-refractivity contribution in [3.63, 3.8) is 0 Å². The molecule has 25 heavy (non-hydrogen) atoms. The Kier molecular flexibility index (Phi) is 6.29. The second-order valence-electron chi connectivity index (χ2n) is 6.26. The topological polar surface area (TPSA) is 77.2 Å². The molecule has 1 aromatic carbocycles. The molecule has 1 N–H and O–H groups in total. The van der Waals surface area contributed by atoms with Crippen molar-refractivity contribution in [2.75, 3.05) is 0 Å². The Morgan fingerprint density at radius 2 is 2.16 bits per heavy atom. The summed E-state index contributed by atoms with van der Waals surface area (Å²) in [5.74, 6) is 0.0915. The van der Waals surface area contributed by atoms with E-state index in [2.05, 4.69) is 15.5 Å². The maximum Gasteiger partial charge on any atom is 0.408 e. The summed E-state index contributed by atoms with van der Waals surface area (Å²) in [5, 5.41) is 11.0. The number of benzene rings is 1. The Labute approximate surface area is 154 Å². The molecule has 0 spiro atoms. The SMILES string of the molecule is C[C@@H](NC(=O)OC(C)(C)C)c1nnc(SCc2c(F)cccc2Cl)o1. The predicted molar refractivity (Wildman–Crippen MR) is 93.1 cm³/mol. The Morgan fingerprint density at radius 1 is 1.44 bits per heavy atom. The van der Waals surface area contributed by atoms with Crippen LogP contribution < -0.4 is 5.32 Å². The lowest BCUT2D eigenvalue weighted by atomic mass is 10.2. The van der Waals surface area contributed by atoms with E-state index < -0.39 is 17.7 Å². The number of rotatable bonds is 5. The maximum absolute atomic E-state index is 13.7. The summed E-state index contributed by atoms with van der Waals surface area (Å²) in [7, 11) is 0. The number of nitrogens with one attached hydrogen (secondary N) is 1. The number of alkyl carbamates (subject to hydrolysis) is 1. The zero-order chi connectivity index (χ0) is 18.6. The summed E-state index contributed by atoms with van der Waals surface area (Å²) in [6, 6.07) is 3.98. The van der Waals surface area contributed by atoms with E-state index in [0.717, 1.165) is 11.8 Å². The van der Waals surface area contributed by atoms with Crippen LogP contribution in [0.15, 0.2) is 27.8 Å². The molecule has 0 radical (unpaired) electrons. The first-order chi connectivity index (χ1) is 11.7. The van der Waals surface area contributed by atoms with Gasteiger partial charge < -0.3 is 14.5 Å². The lowest BCUT2D eigenvalue weighted by Crippen LogP contribution is -2.34. The number of amides is 1. The van der Waals surface area contributed by atoms with Crippen LogP contribution in [-0.2, 0) is 10.5 Å². The lowest BCUT2D eigenvalue weighted by Gasteiger charge is -2.20. The average Bonchev–Trinajstić information content (AvgIpc) is 2.93. The van der Waals surface area contributed by atoms with Crippen LogP contribution in [-0.4, -0.2) is 21.9 Å². The molecular formula is C16H19ClFN3O3S. The quantitative estimate of drug-likeness (QED) is 0.746. The molecule has 0 unspecified atom stereocenters. The molecule has 1 amide bonds. The van der Waals surface area contributed by atoms with Crippen molar-refractivity contribution in [3.8, 4) is 0 Å². The molecule has 0 bridgehead atoms. The number of carbonyl (C=O) groups excluding carboxylic acids is 1. The molecule has 0 saturated heterocycles. The number of carbonyl (C=O) groups is 1. The minimum atomic E-state index is -0.599. The molecule has 136 valence electrons. The van der Waals surface area contributed by atoms with Crippen molar-refractivity contribution in [1.82, 2.24) is 15.5 Å². The number of hydrogen-bond acceptors (Lipinski definition) is 6. The van der Waals surface area contributed by atoms with Crippen LogP contribution in [0, 0.1) is 5.82 Å². The second-order valence-corrected chi connectivity index (χ2v) is 7.60.